The molecule has 0 bridgehead atoms. The van der Waals surface area contributed by atoms with E-state index < -0.39 is 78.4 Å². The van der Waals surface area contributed by atoms with Gasteiger partial charge in [0.25, 0.3) is 0 Å². The maximum Gasteiger partial charge on any atom is 0.218 e. The van der Waals surface area contributed by atoms with E-state index in [1.165, 1.54) is 7.11 Å². The Balaban J connectivity index is 1.06. The van der Waals surface area contributed by atoms with Gasteiger partial charge in [-0.15, -0.1) is 0 Å². The van der Waals surface area contributed by atoms with E-state index in [1.807, 2.05) is 6.92 Å². The van der Waals surface area contributed by atoms with Crippen LogP contribution in [-0.2, 0) is 38.3 Å². The molecule has 0 spiro atoms. The Hall–Kier alpha value is -0.830. The lowest BCUT2D eigenvalue weighted by atomic mass is 9.43. The Bertz CT molecular complexity index is 1430. The van der Waals surface area contributed by atoms with Crippen LogP contribution in [0.1, 0.15) is 85.5 Å². The lowest BCUT2D eigenvalue weighted by molar-refractivity contribution is -0.343. The normalized spacial score (nSPS) is 48.7. The highest BCUT2D eigenvalue weighted by Crippen LogP contribution is 2.68. The lowest BCUT2D eigenvalue weighted by Gasteiger charge is -2.62. The second-order valence-corrected chi connectivity index (χ2v) is 19.3. The van der Waals surface area contributed by atoms with Crippen molar-refractivity contribution in [3.63, 3.8) is 0 Å². The van der Waals surface area contributed by atoms with E-state index >= 15 is 0 Å². The van der Waals surface area contributed by atoms with E-state index in [9.17, 15) is 43.6 Å². The number of hydrogen-bond acceptors (Lipinski definition) is 15. The summed E-state index contributed by atoms with van der Waals surface area (Å²) in [5.74, 6) is 1.30. The third kappa shape index (κ3) is 8.75. The predicted molar refractivity (Wildman–Crippen MR) is 194 cm³/mol. The third-order valence-electron chi connectivity index (χ3n) is 15.1. The number of rotatable bonds is 13. The molecule has 6 N–H and O–H groups in total. The lowest BCUT2D eigenvalue weighted by Crippen LogP contribution is -2.61. The van der Waals surface area contributed by atoms with Crippen LogP contribution in [0.3, 0.4) is 0 Å². The maximum atomic E-state index is 11.7. The first-order valence-corrected chi connectivity index (χ1v) is 21.6. The Morgan fingerprint density at radius 2 is 1.53 bits per heavy atom. The van der Waals surface area contributed by atoms with Gasteiger partial charge in [0.2, 0.25) is 10.4 Å². The van der Waals surface area contributed by atoms with Gasteiger partial charge in [-0.2, -0.15) is 0 Å². The highest BCUT2D eigenvalue weighted by Gasteiger charge is 2.64. The van der Waals surface area contributed by atoms with Gasteiger partial charge in [-0.25, -0.2) is 8.42 Å². The van der Waals surface area contributed by atoms with Gasteiger partial charge in [0, 0.05) is 13.0 Å². The molecule has 6 fully saturated rings. The second kappa shape index (κ2) is 17.0. The van der Waals surface area contributed by atoms with Gasteiger partial charge in [0.1, 0.15) is 36.6 Å². The smallest absolute Gasteiger partial charge is 0.218 e. The molecule has 0 aromatic heterocycles. The van der Waals surface area contributed by atoms with Crippen molar-refractivity contribution in [1.82, 2.24) is 0 Å². The van der Waals surface area contributed by atoms with Crippen LogP contribution in [0.4, 0.5) is 0 Å². The first-order chi connectivity index (χ1) is 25.8. The Morgan fingerprint density at radius 1 is 0.855 bits per heavy atom. The first kappa shape index (κ1) is 43.7. The van der Waals surface area contributed by atoms with Crippen LogP contribution in [0.15, 0.2) is 12.2 Å². The summed E-state index contributed by atoms with van der Waals surface area (Å²) in [6, 6.07) is 0. The average molecular weight is 806 g/mol. The highest BCUT2D eigenvalue weighted by atomic mass is 32.3. The highest BCUT2D eigenvalue weighted by molar-refractivity contribution is 7.80. The Morgan fingerprint density at radius 3 is 2.22 bits per heavy atom. The molecule has 2 heterocycles. The number of hydrogen-bond donors (Lipinski definition) is 6. The van der Waals surface area contributed by atoms with Gasteiger partial charge < -0.3 is 58.9 Å². The van der Waals surface area contributed by atoms with E-state index in [-0.39, 0.29) is 53.8 Å². The van der Waals surface area contributed by atoms with Crippen LogP contribution in [0.25, 0.3) is 0 Å². The van der Waals surface area contributed by atoms with E-state index in [0.717, 1.165) is 44.1 Å². The summed E-state index contributed by atoms with van der Waals surface area (Å²) >= 11 is 0. The molecule has 4 aliphatic carbocycles. The van der Waals surface area contributed by atoms with Crippen LogP contribution in [0, 0.1) is 52.3 Å². The molecule has 0 amide bonds. The Labute approximate surface area is 325 Å². The average Bonchev–Trinajstić information content (AvgIpc) is 3.40. The van der Waals surface area contributed by atoms with Gasteiger partial charge in [-0.1, -0.05) is 39.8 Å². The minimum absolute atomic E-state index is 0.0272. The number of fused-ring (bicyclic) bond motifs is 5. The monoisotopic (exact) mass is 805 g/mol. The van der Waals surface area contributed by atoms with Crippen molar-refractivity contribution in [2.45, 2.75) is 153 Å². The molecular formula is C39H65O15S-. The first-order valence-electron chi connectivity index (χ1n) is 20.2. The van der Waals surface area contributed by atoms with E-state index in [4.69, 9.17) is 27.9 Å². The number of aliphatic hydroxyl groups excluding tert-OH is 6. The fraction of sp³-hybridized carbons (Fsp3) is 0.949. The molecule has 55 heavy (non-hydrogen) atoms. The quantitative estimate of drug-likeness (QED) is 0.0882. The molecule has 0 aromatic carbocycles. The summed E-state index contributed by atoms with van der Waals surface area (Å²) in [6.07, 6.45) is -5.25. The number of aliphatic hydroxyl groups is 6. The summed E-state index contributed by atoms with van der Waals surface area (Å²) < 4.78 is 68.1. The summed E-state index contributed by atoms with van der Waals surface area (Å²) in [6.45, 7) is 12.5. The van der Waals surface area contributed by atoms with Gasteiger partial charge in [-0.3, -0.25) is 4.18 Å². The zero-order valence-electron chi connectivity index (χ0n) is 32.9. The molecule has 6 rings (SSSR count). The van der Waals surface area contributed by atoms with E-state index in [2.05, 4.69) is 27.4 Å². The molecule has 318 valence electrons. The molecule has 0 radical (unpaired) electrons. The molecular weight excluding hydrogens is 740 g/mol. The second-order valence-electron chi connectivity index (χ2n) is 18.3. The molecule has 6 aliphatic rings. The SMILES string of the molecule is C=C(CC[C@@H](C)[C@H]1C[C@@H](O)[C@H]2[C@@H]3C[C@H](O)[C@H]4C[C@@H](O)CC[C@]4(C)[C@H]3CC[C@@]21C)C(C)CO[C@@H]1OC[C@@H](O)[C@H](OS(=O)(=O)[O-])[C@H]1O[C@@H]1OC[C@@H](O)[C@H](O)[C@H]1OC. The van der Waals surface area contributed by atoms with Crippen molar-refractivity contribution in [3.05, 3.63) is 12.2 Å². The topological polar surface area (TPSA) is 234 Å². The number of methoxy groups -OCH3 is 1. The van der Waals surface area contributed by atoms with Gasteiger partial charge in [0.15, 0.2) is 12.6 Å². The maximum absolute atomic E-state index is 11.7. The van der Waals surface area contributed by atoms with Crippen LogP contribution in [0.2, 0.25) is 0 Å². The van der Waals surface area contributed by atoms with Crippen LogP contribution in [-0.4, -0.2) is 138 Å². The van der Waals surface area contributed by atoms with E-state index in [0.29, 0.717) is 37.0 Å². The van der Waals surface area contributed by atoms with Crippen molar-refractivity contribution in [3.8, 4) is 0 Å². The minimum atomic E-state index is -5.30. The largest absolute Gasteiger partial charge is 0.726 e. The summed E-state index contributed by atoms with van der Waals surface area (Å²) in [7, 11) is -4.05. The summed E-state index contributed by atoms with van der Waals surface area (Å²) in [5, 5.41) is 64.6. The molecule has 20 atom stereocenters. The zero-order chi connectivity index (χ0) is 40.2. The zero-order valence-corrected chi connectivity index (χ0v) is 33.7. The van der Waals surface area contributed by atoms with Gasteiger partial charge >= 0.3 is 0 Å². The Kier molecular flexibility index (Phi) is 13.5. The predicted octanol–water partition coefficient (Wildman–Crippen LogP) is 1.61. The van der Waals surface area contributed by atoms with Crippen LogP contribution >= 0.6 is 0 Å². The standard InChI is InChI=1S/C39H66O15S/c1-19(21(3)16-50-36-35(33(30(44)18-51-36)54-55(46,47)48)53-37-34(49-6)32(45)29(43)17-52-37)7-8-20(2)25-15-28(42)31-23-14-27(41)26-13-22(40)9-11-38(26,4)24(23)10-12-39(25,31)5/h20-37,40-45H,1,7-18H2,2-6H3,(H,46,47,48)/p-1/t20-,21?,22+,23-,24+,25-,26-,27+,28-,29-,30-,31-,32+,33+,34-,35-,36-,37+,38-,39-/m1/s1. The fourth-order valence-corrected chi connectivity index (χ4v) is 12.6. The molecule has 15 nitrogen and oxygen atoms in total. The molecule has 1 unspecified atom stereocenters. The molecule has 4 saturated carbocycles. The third-order valence-corrected chi connectivity index (χ3v) is 15.6. The molecule has 2 saturated heterocycles. The van der Waals surface area contributed by atoms with E-state index in [1.54, 1.807) is 0 Å². The van der Waals surface area contributed by atoms with Crippen molar-refractivity contribution in [2.75, 3.05) is 26.9 Å². The van der Waals surface area contributed by atoms with Gasteiger partial charge in [0.05, 0.1) is 38.1 Å². The van der Waals surface area contributed by atoms with Crippen molar-refractivity contribution in [1.29, 1.82) is 0 Å². The van der Waals surface area contributed by atoms with Crippen molar-refractivity contribution < 1.29 is 71.5 Å². The molecule has 2 aliphatic heterocycles. The summed E-state index contributed by atoms with van der Waals surface area (Å²) in [4.78, 5) is 0. The van der Waals surface area contributed by atoms with Crippen LogP contribution < -0.4 is 0 Å². The minimum Gasteiger partial charge on any atom is -0.726 e. The molecule has 16 heteroatoms. The summed E-state index contributed by atoms with van der Waals surface area (Å²) in [5.41, 5.74) is 0.833. The van der Waals surface area contributed by atoms with Gasteiger partial charge in [-0.05, 0) is 104 Å². The fourth-order valence-electron chi connectivity index (χ4n) is 12.1. The van der Waals surface area contributed by atoms with Crippen molar-refractivity contribution >= 4 is 10.4 Å². The van der Waals surface area contributed by atoms with Crippen molar-refractivity contribution in [2.24, 2.45) is 52.3 Å². The molecule has 0 aromatic rings. The number of ether oxygens (including phenoxy) is 5. The van der Waals surface area contributed by atoms with Crippen LogP contribution in [0.5, 0.6) is 0 Å².